The zero-order valence-electron chi connectivity index (χ0n) is 9.77. The number of nitrogen functional groups attached to an aromatic ring is 1. The van der Waals surface area contributed by atoms with Gasteiger partial charge in [-0.25, -0.2) is 20.8 Å². The van der Waals surface area contributed by atoms with Crippen molar-refractivity contribution in [2.45, 2.75) is 17.1 Å². The van der Waals surface area contributed by atoms with Crippen LogP contribution in [-0.4, -0.2) is 24.9 Å². The van der Waals surface area contributed by atoms with E-state index in [0.29, 0.717) is 5.16 Å². The summed E-state index contributed by atoms with van der Waals surface area (Å²) < 4.78 is 0. The van der Waals surface area contributed by atoms with Crippen molar-refractivity contribution in [3.8, 4) is 0 Å². The first kappa shape index (κ1) is 13.1. The molecule has 0 bridgehead atoms. The number of aromatic nitrogens is 4. The fourth-order valence-corrected chi connectivity index (χ4v) is 1.90. The lowest BCUT2D eigenvalue weighted by Gasteiger charge is -2.03. The third-order valence-corrected chi connectivity index (χ3v) is 2.89. The minimum Gasteiger partial charge on any atom is -0.292 e. The molecule has 2 aromatic heterocycles. The molecule has 0 fully saturated rings. The van der Waals surface area contributed by atoms with Gasteiger partial charge < -0.3 is 0 Å². The SMILES string of the molecule is Cc1cnc(Sc2nc(NN)ncc2[N+](=O)[O-])nc1. The molecular weight excluding hydrogens is 270 g/mol. The van der Waals surface area contributed by atoms with Gasteiger partial charge in [-0.1, -0.05) is 0 Å². The molecule has 0 aromatic carbocycles. The van der Waals surface area contributed by atoms with Gasteiger partial charge in [0.1, 0.15) is 6.20 Å². The van der Waals surface area contributed by atoms with Crippen molar-refractivity contribution < 1.29 is 4.92 Å². The molecule has 2 aromatic rings. The molecule has 0 amide bonds. The van der Waals surface area contributed by atoms with E-state index in [1.165, 1.54) is 0 Å². The quantitative estimate of drug-likeness (QED) is 0.275. The number of anilines is 1. The minimum atomic E-state index is -0.573. The van der Waals surface area contributed by atoms with Gasteiger partial charge in [-0.3, -0.25) is 15.5 Å². The summed E-state index contributed by atoms with van der Waals surface area (Å²) in [6.45, 7) is 1.85. The Morgan fingerprint density at radius 3 is 2.58 bits per heavy atom. The molecule has 3 N–H and O–H groups in total. The molecule has 0 aliphatic carbocycles. The zero-order chi connectivity index (χ0) is 13.8. The number of hydrogen-bond donors (Lipinski definition) is 2. The summed E-state index contributed by atoms with van der Waals surface area (Å²) in [6, 6.07) is 0. The standard InChI is InChI=1S/C9H9N7O2S/c1-5-2-12-9(13-3-5)19-7-6(16(17)18)4-11-8(14-7)15-10/h2-4H,10H2,1H3,(H,11,14,15). The highest BCUT2D eigenvalue weighted by atomic mass is 32.2. The van der Waals surface area contributed by atoms with E-state index >= 15 is 0 Å². The van der Waals surface area contributed by atoms with Crippen LogP contribution in [0.1, 0.15) is 5.56 Å². The summed E-state index contributed by atoms with van der Waals surface area (Å²) in [7, 11) is 0. The van der Waals surface area contributed by atoms with Crippen molar-refractivity contribution in [3.05, 3.63) is 34.3 Å². The van der Waals surface area contributed by atoms with Crippen LogP contribution in [0.3, 0.4) is 0 Å². The Morgan fingerprint density at radius 1 is 1.32 bits per heavy atom. The van der Waals surface area contributed by atoms with Crippen LogP contribution in [0.15, 0.2) is 28.8 Å². The minimum absolute atomic E-state index is 0.0835. The lowest BCUT2D eigenvalue weighted by Crippen LogP contribution is -2.11. The Morgan fingerprint density at radius 2 is 2.00 bits per heavy atom. The number of nitrogens with zero attached hydrogens (tertiary/aromatic N) is 5. The van der Waals surface area contributed by atoms with Crippen molar-refractivity contribution in [2.75, 3.05) is 5.43 Å². The van der Waals surface area contributed by atoms with Crippen LogP contribution >= 0.6 is 11.8 Å². The average Bonchev–Trinajstić information content (AvgIpc) is 2.41. The fourth-order valence-electron chi connectivity index (χ4n) is 1.15. The molecule has 0 saturated heterocycles. The molecule has 0 spiro atoms. The molecule has 0 aliphatic rings. The highest BCUT2D eigenvalue weighted by Crippen LogP contribution is 2.30. The zero-order valence-corrected chi connectivity index (χ0v) is 10.6. The molecule has 0 radical (unpaired) electrons. The molecule has 2 rings (SSSR count). The van der Waals surface area contributed by atoms with Crippen LogP contribution in [0, 0.1) is 17.0 Å². The number of nitro groups is 1. The summed E-state index contributed by atoms with van der Waals surface area (Å²) in [5, 5.41) is 11.4. The number of hydrogen-bond acceptors (Lipinski definition) is 9. The van der Waals surface area contributed by atoms with E-state index in [-0.39, 0.29) is 16.7 Å². The molecule has 19 heavy (non-hydrogen) atoms. The Balaban J connectivity index is 2.36. The van der Waals surface area contributed by atoms with Gasteiger partial charge >= 0.3 is 5.69 Å². The summed E-state index contributed by atoms with van der Waals surface area (Å²) >= 11 is 0.970. The van der Waals surface area contributed by atoms with Gasteiger partial charge in [0.05, 0.1) is 4.92 Å². The van der Waals surface area contributed by atoms with Crippen molar-refractivity contribution in [1.82, 2.24) is 19.9 Å². The number of rotatable bonds is 4. The lowest BCUT2D eigenvalue weighted by molar-refractivity contribution is -0.388. The Hall–Kier alpha value is -2.33. The molecule has 0 atom stereocenters. The number of nitrogens with one attached hydrogen (secondary N) is 1. The average molecular weight is 279 g/mol. The van der Waals surface area contributed by atoms with E-state index in [9.17, 15) is 10.1 Å². The predicted molar refractivity (Wildman–Crippen MR) is 67.4 cm³/mol. The van der Waals surface area contributed by atoms with Crippen LogP contribution in [0.4, 0.5) is 11.6 Å². The molecule has 10 heteroatoms. The molecule has 9 nitrogen and oxygen atoms in total. The second kappa shape index (κ2) is 5.54. The van der Waals surface area contributed by atoms with Gasteiger partial charge in [-0.05, 0) is 24.2 Å². The third kappa shape index (κ3) is 3.11. The molecule has 98 valence electrons. The summed E-state index contributed by atoms with van der Waals surface area (Å²) in [5.41, 5.74) is 2.90. The molecular formula is C9H9N7O2S. The highest BCUT2D eigenvalue weighted by molar-refractivity contribution is 7.99. The van der Waals surface area contributed by atoms with Gasteiger partial charge in [0.25, 0.3) is 0 Å². The van der Waals surface area contributed by atoms with Gasteiger partial charge in [0.2, 0.25) is 5.95 Å². The van der Waals surface area contributed by atoms with E-state index in [2.05, 4.69) is 25.4 Å². The molecule has 0 saturated carbocycles. The third-order valence-electron chi connectivity index (χ3n) is 2.01. The van der Waals surface area contributed by atoms with Gasteiger partial charge in [-0.15, -0.1) is 0 Å². The Labute approximate surface area is 111 Å². The predicted octanol–water partition coefficient (Wildman–Crippen LogP) is 0.920. The Bertz CT molecular complexity index is 604. The van der Waals surface area contributed by atoms with Crippen molar-refractivity contribution in [3.63, 3.8) is 0 Å². The van der Waals surface area contributed by atoms with Crippen molar-refractivity contribution in [1.29, 1.82) is 0 Å². The van der Waals surface area contributed by atoms with E-state index < -0.39 is 4.92 Å². The topological polar surface area (TPSA) is 133 Å². The maximum atomic E-state index is 10.9. The normalized spacial score (nSPS) is 10.2. The second-order valence-corrected chi connectivity index (χ2v) is 4.39. The van der Waals surface area contributed by atoms with E-state index in [0.717, 1.165) is 23.5 Å². The van der Waals surface area contributed by atoms with Gasteiger partial charge in [-0.2, -0.15) is 4.98 Å². The maximum absolute atomic E-state index is 10.9. The maximum Gasteiger partial charge on any atom is 0.320 e. The van der Waals surface area contributed by atoms with Gasteiger partial charge in [0, 0.05) is 12.4 Å². The number of nitrogens with two attached hydrogens (primary N) is 1. The van der Waals surface area contributed by atoms with E-state index in [1.54, 1.807) is 12.4 Å². The molecule has 2 heterocycles. The first-order valence-corrected chi connectivity index (χ1v) is 5.86. The molecule has 0 unspecified atom stereocenters. The molecule has 0 aliphatic heterocycles. The van der Waals surface area contributed by atoms with E-state index in [1.807, 2.05) is 6.92 Å². The van der Waals surface area contributed by atoms with Crippen LogP contribution < -0.4 is 11.3 Å². The second-order valence-electron chi connectivity index (χ2n) is 3.43. The van der Waals surface area contributed by atoms with Crippen molar-refractivity contribution in [2.24, 2.45) is 5.84 Å². The van der Waals surface area contributed by atoms with Crippen LogP contribution in [0.2, 0.25) is 0 Å². The summed E-state index contributed by atoms with van der Waals surface area (Å²) in [5.74, 6) is 5.26. The number of hydrazine groups is 1. The van der Waals surface area contributed by atoms with Crippen LogP contribution in [0.5, 0.6) is 0 Å². The summed E-state index contributed by atoms with van der Waals surface area (Å²) in [4.78, 5) is 26.0. The lowest BCUT2D eigenvalue weighted by atomic mass is 10.4. The van der Waals surface area contributed by atoms with Crippen molar-refractivity contribution >= 4 is 23.4 Å². The Kier molecular flexibility index (Phi) is 3.82. The first-order chi connectivity index (χ1) is 9.10. The smallest absolute Gasteiger partial charge is 0.292 e. The fraction of sp³-hybridized carbons (Fsp3) is 0.111. The highest BCUT2D eigenvalue weighted by Gasteiger charge is 2.19. The van der Waals surface area contributed by atoms with Crippen LogP contribution in [0.25, 0.3) is 0 Å². The summed E-state index contributed by atoms with van der Waals surface area (Å²) in [6.07, 6.45) is 4.31. The first-order valence-electron chi connectivity index (χ1n) is 5.04. The van der Waals surface area contributed by atoms with Gasteiger partial charge in [0.15, 0.2) is 10.2 Å². The monoisotopic (exact) mass is 279 g/mol. The largest absolute Gasteiger partial charge is 0.320 e. The number of aryl methyl sites for hydroxylation is 1. The van der Waals surface area contributed by atoms with Crippen LogP contribution in [-0.2, 0) is 0 Å². The van der Waals surface area contributed by atoms with E-state index in [4.69, 9.17) is 5.84 Å².